The molecule has 0 aliphatic carbocycles. The second kappa shape index (κ2) is 3.72. The lowest BCUT2D eigenvalue weighted by Crippen LogP contribution is -2.44. The summed E-state index contributed by atoms with van der Waals surface area (Å²) in [6.45, 7) is 5.91. The number of hydrogen-bond acceptors (Lipinski definition) is 3. The van der Waals surface area contributed by atoms with Gasteiger partial charge in [-0.25, -0.2) is 0 Å². The zero-order valence-corrected chi connectivity index (χ0v) is 7.68. The van der Waals surface area contributed by atoms with Crippen LogP contribution in [-0.4, -0.2) is 19.1 Å². The van der Waals surface area contributed by atoms with E-state index in [0.717, 1.165) is 6.42 Å². The van der Waals surface area contributed by atoms with Crippen molar-refractivity contribution in [1.82, 2.24) is 0 Å². The monoisotopic (exact) mass is 159 g/mol. The molecule has 0 heterocycles. The summed E-state index contributed by atoms with van der Waals surface area (Å²) in [5, 5.41) is 0. The minimum atomic E-state index is -0.516. The summed E-state index contributed by atoms with van der Waals surface area (Å²) < 4.78 is 4.54. The molecule has 0 fully saturated rings. The van der Waals surface area contributed by atoms with Gasteiger partial charge in [-0.3, -0.25) is 4.79 Å². The van der Waals surface area contributed by atoms with Gasteiger partial charge in [-0.15, -0.1) is 0 Å². The number of carbonyl (C=O) groups is 1. The lowest BCUT2D eigenvalue weighted by atomic mass is 9.82. The first-order valence-electron chi connectivity index (χ1n) is 3.79. The van der Waals surface area contributed by atoms with Crippen LogP contribution in [0.25, 0.3) is 0 Å². The molecule has 0 unspecified atom stereocenters. The number of rotatable bonds is 3. The third kappa shape index (κ3) is 2.50. The molecule has 0 saturated heterocycles. The second-order valence-corrected chi connectivity index (χ2v) is 3.34. The van der Waals surface area contributed by atoms with E-state index in [9.17, 15) is 4.79 Å². The number of methoxy groups -OCH3 is 1. The highest BCUT2D eigenvalue weighted by atomic mass is 16.5. The van der Waals surface area contributed by atoms with Gasteiger partial charge in [0, 0.05) is 0 Å². The van der Waals surface area contributed by atoms with Crippen LogP contribution in [0, 0.1) is 5.41 Å². The van der Waals surface area contributed by atoms with E-state index in [1.165, 1.54) is 7.11 Å². The van der Waals surface area contributed by atoms with Crippen LogP contribution in [0.2, 0.25) is 0 Å². The standard InChI is InChI=1S/C8H17NO2/c1-5-8(2,3)6(9)7(10)11-4/h6H,5,9H2,1-4H3/t6-/m1/s1. The molecule has 1 atom stereocenters. The Morgan fingerprint density at radius 2 is 2.09 bits per heavy atom. The van der Waals surface area contributed by atoms with E-state index >= 15 is 0 Å². The van der Waals surface area contributed by atoms with Crippen LogP contribution in [0.3, 0.4) is 0 Å². The van der Waals surface area contributed by atoms with E-state index in [4.69, 9.17) is 5.73 Å². The Bertz CT molecular complexity index is 143. The van der Waals surface area contributed by atoms with Crippen molar-refractivity contribution in [2.45, 2.75) is 33.2 Å². The SMILES string of the molecule is CCC(C)(C)[C@H](N)C(=O)OC. The highest BCUT2D eigenvalue weighted by Crippen LogP contribution is 2.23. The van der Waals surface area contributed by atoms with E-state index in [0.29, 0.717) is 0 Å². The first-order valence-corrected chi connectivity index (χ1v) is 3.79. The molecule has 11 heavy (non-hydrogen) atoms. The third-order valence-electron chi connectivity index (χ3n) is 2.21. The molecule has 3 nitrogen and oxygen atoms in total. The van der Waals surface area contributed by atoms with Crippen LogP contribution in [-0.2, 0) is 9.53 Å². The Hall–Kier alpha value is -0.570. The molecule has 0 amide bonds. The Labute approximate surface area is 67.9 Å². The Balaban J connectivity index is 4.22. The molecule has 0 aromatic heterocycles. The Morgan fingerprint density at radius 1 is 1.64 bits per heavy atom. The maximum Gasteiger partial charge on any atom is 0.323 e. The van der Waals surface area contributed by atoms with Crippen molar-refractivity contribution in [3.05, 3.63) is 0 Å². The Morgan fingerprint density at radius 3 is 2.36 bits per heavy atom. The van der Waals surface area contributed by atoms with Crippen LogP contribution in [0.15, 0.2) is 0 Å². The number of hydrogen-bond donors (Lipinski definition) is 1. The molecule has 2 N–H and O–H groups in total. The number of esters is 1. The number of ether oxygens (including phenoxy) is 1. The molecule has 0 radical (unpaired) electrons. The molecule has 0 spiro atoms. The smallest absolute Gasteiger partial charge is 0.323 e. The molecule has 0 aromatic carbocycles. The van der Waals surface area contributed by atoms with Gasteiger partial charge in [-0.05, 0) is 11.8 Å². The molecule has 0 aliphatic heterocycles. The van der Waals surface area contributed by atoms with Gasteiger partial charge >= 0.3 is 5.97 Å². The average Bonchev–Trinajstić information content (AvgIpc) is 2.01. The van der Waals surface area contributed by atoms with Crippen LogP contribution in [0.1, 0.15) is 27.2 Å². The highest BCUT2D eigenvalue weighted by Gasteiger charge is 2.30. The van der Waals surface area contributed by atoms with E-state index in [-0.39, 0.29) is 11.4 Å². The Kier molecular flexibility index (Phi) is 3.52. The largest absolute Gasteiger partial charge is 0.468 e. The van der Waals surface area contributed by atoms with Gasteiger partial charge in [0.1, 0.15) is 6.04 Å². The predicted molar refractivity (Wildman–Crippen MR) is 44.1 cm³/mol. The first kappa shape index (κ1) is 10.4. The zero-order valence-electron chi connectivity index (χ0n) is 7.68. The molecule has 0 bridgehead atoms. The molecule has 0 rings (SSSR count). The lowest BCUT2D eigenvalue weighted by Gasteiger charge is -2.27. The quantitative estimate of drug-likeness (QED) is 0.623. The topological polar surface area (TPSA) is 52.3 Å². The summed E-state index contributed by atoms with van der Waals surface area (Å²) in [5.74, 6) is -0.336. The lowest BCUT2D eigenvalue weighted by molar-refractivity contribution is -0.145. The molecule has 0 saturated carbocycles. The summed E-state index contributed by atoms with van der Waals surface area (Å²) >= 11 is 0. The van der Waals surface area contributed by atoms with Gasteiger partial charge < -0.3 is 10.5 Å². The molecular formula is C8H17NO2. The summed E-state index contributed by atoms with van der Waals surface area (Å²) in [6.07, 6.45) is 0.864. The molecule has 0 aromatic rings. The van der Waals surface area contributed by atoms with Gasteiger partial charge in [0.2, 0.25) is 0 Å². The maximum absolute atomic E-state index is 11.0. The molecule has 0 aliphatic rings. The second-order valence-electron chi connectivity index (χ2n) is 3.34. The molecule has 66 valence electrons. The molecular weight excluding hydrogens is 142 g/mol. The van der Waals surface area contributed by atoms with Crippen molar-refractivity contribution in [1.29, 1.82) is 0 Å². The van der Waals surface area contributed by atoms with Crippen molar-refractivity contribution in [3.63, 3.8) is 0 Å². The van der Waals surface area contributed by atoms with Gasteiger partial charge in [-0.2, -0.15) is 0 Å². The van der Waals surface area contributed by atoms with Gasteiger partial charge in [0.05, 0.1) is 7.11 Å². The normalized spacial score (nSPS) is 14.3. The van der Waals surface area contributed by atoms with E-state index in [1.54, 1.807) is 0 Å². The fourth-order valence-corrected chi connectivity index (χ4v) is 0.666. The maximum atomic E-state index is 11.0. The predicted octanol–water partition coefficient (Wildman–Crippen LogP) is 0.923. The van der Waals surface area contributed by atoms with Gasteiger partial charge in [0.25, 0.3) is 0 Å². The summed E-state index contributed by atoms with van der Waals surface area (Å²) in [6, 6.07) is -0.516. The van der Waals surface area contributed by atoms with Crippen LogP contribution >= 0.6 is 0 Å². The van der Waals surface area contributed by atoms with Crippen LogP contribution in [0.4, 0.5) is 0 Å². The van der Waals surface area contributed by atoms with Crippen molar-refractivity contribution in [3.8, 4) is 0 Å². The van der Waals surface area contributed by atoms with Gasteiger partial charge in [0.15, 0.2) is 0 Å². The third-order valence-corrected chi connectivity index (χ3v) is 2.21. The van der Waals surface area contributed by atoms with Crippen molar-refractivity contribution in [2.75, 3.05) is 7.11 Å². The van der Waals surface area contributed by atoms with Crippen LogP contribution < -0.4 is 5.73 Å². The van der Waals surface area contributed by atoms with Crippen molar-refractivity contribution in [2.24, 2.45) is 11.1 Å². The fourth-order valence-electron chi connectivity index (χ4n) is 0.666. The number of nitrogens with two attached hydrogens (primary N) is 1. The van der Waals surface area contributed by atoms with Gasteiger partial charge in [-0.1, -0.05) is 20.8 Å². The fraction of sp³-hybridized carbons (Fsp3) is 0.875. The summed E-state index contributed by atoms with van der Waals surface area (Å²) in [5.41, 5.74) is 5.47. The minimum Gasteiger partial charge on any atom is -0.468 e. The van der Waals surface area contributed by atoms with E-state index in [1.807, 2.05) is 20.8 Å². The number of carbonyl (C=O) groups excluding carboxylic acids is 1. The van der Waals surface area contributed by atoms with E-state index in [2.05, 4.69) is 4.74 Å². The first-order chi connectivity index (χ1) is 4.95. The van der Waals surface area contributed by atoms with E-state index < -0.39 is 6.04 Å². The zero-order chi connectivity index (χ0) is 9.07. The van der Waals surface area contributed by atoms with Crippen molar-refractivity contribution >= 4 is 5.97 Å². The molecule has 3 heteroatoms. The minimum absolute atomic E-state index is 0.174. The summed E-state index contributed by atoms with van der Waals surface area (Å²) in [4.78, 5) is 11.0. The summed E-state index contributed by atoms with van der Waals surface area (Å²) in [7, 11) is 1.36. The average molecular weight is 159 g/mol. The highest BCUT2D eigenvalue weighted by molar-refractivity contribution is 5.76. The van der Waals surface area contributed by atoms with Crippen molar-refractivity contribution < 1.29 is 9.53 Å². The van der Waals surface area contributed by atoms with Crippen LogP contribution in [0.5, 0.6) is 0 Å².